The molecule has 0 unspecified atom stereocenters. The molecular weight excluding hydrogens is 488 g/mol. The lowest BCUT2D eigenvalue weighted by Crippen LogP contribution is -2.23. The van der Waals surface area contributed by atoms with Crippen molar-refractivity contribution in [2.24, 2.45) is 0 Å². The van der Waals surface area contributed by atoms with Gasteiger partial charge in [-0.1, -0.05) is 12.1 Å². The molecule has 0 atom stereocenters. The standard InChI is InChI=1S/C26H28F3N5O3/c1-33(2)23-20(15-22(35)37-5)24(34(3)4)32-21(31-23)14-16-6-12-19(13-7-16)30-25(36)17-8-10-18(11-9-17)26(27,28)29/h6-13H,14-15H2,1-5H3,(H,30,36)/i6+1. The van der Waals surface area contributed by atoms with Gasteiger partial charge in [0.25, 0.3) is 5.91 Å². The Kier molecular flexibility index (Phi) is 8.36. The Morgan fingerprint density at radius 3 is 1.89 bits per heavy atom. The van der Waals surface area contributed by atoms with Gasteiger partial charge in [-0.25, -0.2) is 9.97 Å². The van der Waals surface area contributed by atoms with Crippen LogP contribution in [0.3, 0.4) is 0 Å². The second kappa shape index (κ2) is 11.3. The van der Waals surface area contributed by atoms with Crippen molar-refractivity contribution in [3.63, 3.8) is 0 Å². The van der Waals surface area contributed by atoms with Crippen molar-refractivity contribution in [3.8, 4) is 0 Å². The molecule has 0 spiro atoms. The number of anilines is 3. The highest BCUT2D eigenvalue weighted by molar-refractivity contribution is 6.04. The van der Waals surface area contributed by atoms with Gasteiger partial charge in [0.2, 0.25) is 0 Å². The number of amides is 1. The van der Waals surface area contributed by atoms with E-state index >= 15 is 0 Å². The summed E-state index contributed by atoms with van der Waals surface area (Å²) in [5, 5.41) is 2.68. The van der Waals surface area contributed by atoms with Crippen molar-refractivity contribution >= 4 is 29.2 Å². The molecule has 2 aromatic carbocycles. The maximum atomic E-state index is 12.7. The van der Waals surface area contributed by atoms with Crippen LogP contribution in [0.15, 0.2) is 48.5 Å². The maximum absolute atomic E-state index is 12.7. The van der Waals surface area contributed by atoms with E-state index in [-0.39, 0.29) is 12.0 Å². The van der Waals surface area contributed by atoms with Crippen LogP contribution in [0, 0.1) is 0 Å². The van der Waals surface area contributed by atoms with Gasteiger partial charge in [-0.3, -0.25) is 9.59 Å². The summed E-state index contributed by atoms with van der Waals surface area (Å²) in [6.45, 7) is 0. The Labute approximate surface area is 213 Å². The fraction of sp³-hybridized carbons (Fsp3) is 0.308. The van der Waals surface area contributed by atoms with Crippen molar-refractivity contribution in [1.82, 2.24) is 9.97 Å². The highest BCUT2D eigenvalue weighted by Crippen LogP contribution is 2.29. The van der Waals surface area contributed by atoms with E-state index in [4.69, 9.17) is 4.74 Å². The number of esters is 1. The number of benzene rings is 2. The largest absolute Gasteiger partial charge is 0.469 e. The fourth-order valence-corrected chi connectivity index (χ4v) is 3.60. The number of alkyl halides is 3. The number of rotatable bonds is 8. The van der Waals surface area contributed by atoms with E-state index in [0.29, 0.717) is 35.1 Å². The van der Waals surface area contributed by atoms with Crippen LogP contribution in [-0.2, 0) is 28.5 Å². The van der Waals surface area contributed by atoms with Crippen molar-refractivity contribution in [2.45, 2.75) is 19.0 Å². The quantitative estimate of drug-likeness (QED) is 0.450. The fourth-order valence-electron chi connectivity index (χ4n) is 3.60. The Morgan fingerprint density at radius 1 is 0.892 bits per heavy atom. The minimum Gasteiger partial charge on any atom is -0.469 e. The maximum Gasteiger partial charge on any atom is 0.416 e. The molecule has 1 heterocycles. The average molecular weight is 517 g/mol. The van der Waals surface area contributed by atoms with Crippen LogP contribution in [0.1, 0.15) is 32.9 Å². The molecule has 0 fully saturated rings. The summed E-state index contributed by atoms with van der Waals surface area (Å²) in [6.07, 6.45) is -4.03. The van der Waals surface area contributed by atoms with E-state index in [1.54, 1.807) is 24.3 Å². The molecule has 3 aromatic rings. The lowest BCUT2D eigenvalue weighted by atomic mass is 10.1. The first-order chi connectivity index (χ1) is 17.4. The smallest absolute Gasteiger partial charge is 0.416 e. The van der Waals surface area contributed by atoms with Gasteiger partial charge in [-0.05, 0) is 42.0 Å². The van der Waals surface area contributed by atoms with Gasteiger partial charge in [0.1, 0.15) is 17.5 Å². The summed E-state index contributed by atoms with van der Waals surface area (Å²) in [4.78, 5) is 37.4. The molecule has 3 rings (SSSR count). The lowest BCUT2D eigenvalue weighted by Gasteiger charge is -2.23. The SMILES string of the molecule is COC(=O)Cc1c(N(C)C)nc(Cc2ccc(NC(=O)c3ccc(C(F)(F)F)cc3)c[13cH]2)nc1N(C)C. The summed E-state index contributed by atoms with van der Waals surface area (Å²) < 4.78 is 43.0. The van der Waals surface area contributed by atoms with Crippen LogP contribution in [-0.4, -0.2) is 57.1 Å². The Bertz CT molecular complexity index is 1230. The number of carbonyl (C=O) groups excluding carboxylic acids is 2. The van der Waals surface area contributed by atoms with Crippen molar-refractivity contribution in [3.05, 3.63) is 76.6 Å². The third kappa shape index (κ3) is 6.96. The van der Waals surface area contributed by atoms with Gasteiger partial charge in [-0.15, -0.1) is 0 Å². The number of hydrogen-bond acceptors (Lipinski definition) is 7. The van der Waals surface area contributed by atoms with Crippen molar-refractivity contribution in [2.75, 3.05) is 50.4 Å². The molecule has 1 amide bonds. The first-order valence-corrected chi connectivity index (χ1v) is 11.3. The first kappa shape index (κ1) is 27.4. The molecule has 0 saturated carbocycles. The Hall–Kier alpha value is -4.15. The van der Waals surface area contributed by atoms with Crippen LogP contribution >= 0.6 is 0 Å². The van der Waals surface area contributed by atoms with Crippen LogP contribution in [0.2, 0.25) is 0 Å². The second-order valence-electron chi connectivity index (χ2n) is 8.71. The summed E-state index contributed by atoms with van der Waals surface area (Å²) in [6, 6.07) is 11.0. The normalized spacial score (nSPS) is 11.1. The van der Waals surface area contributed by atoms with Crippen molar-refractivity contribution < 1.29 is 27.5 Å². The summed E-state index contributed by atoms with van der Waals surface area (Å²) in [5.41, 5.74) is 1.33. The molecule has 37 heavy (non-hydrogen) atoms. The zero-order valence-electron chi connectivity index (χ0n) is 21.2. The zero-order valence-corrected chi connectivity index (χ0v) is 21.2. The third-order valence-electron chi connectivity index (χ3n) is 5.45. The highest BCUT2D eigenvalue weighted by Gasteiger charge is 2.30. The molecule has 1 aromatic heterocycles. The van der Waals surface area contributed by atoms with Gasteiger partial charge >= 0.3 is 12.1 Å². The van der Waals surface area contributed by atoms with E-state index in [2.05, 4.69) is 15.3 Å². The molecule has 196 valence electrons. The van der Waals surface area contributed by atoms with E-state index in [0.717, 1.165) is 29.8 Å². The van der Waals surface area contributed by atoms with Gasteiger partial charge in [0.05, 0.1) is 19.1 Å². The molecule has 8 nitrogen and oxygen atoms in total. The summed E-state index contributed by atoms with van der Waals surface area (Å²) in [7, 11) is 8.67. The first-order valence-electron chi connectivity index (χ1n) is 11.3. The number of aromatic nitrogens is 2. The molecule has 0 aliphatic rings. The van der Waals surface area contributed by atoms with Gasteiger partial charge in [0.15, 0.2) is 0 Å². The number of hydrogen-bond donors (Lipinski definition) is 1. The van der Waals surface area contributed by atoms with Crippen LogP contribution in [0.4, 0.5) is 30.5 Å². The highest BCUT2D eigenvalue weighted by atomic mass is 19.4. The minimum absolute atomic E-state index is 0.0329. The predicted octanol–water partition coefficient (Wildman–Crippen LogP) is 4.19. The molecule has 0 bridgehead atoms. The number of nitrogens with one attached hydrogen (secondary N) is 1. The molecular formula is C26H28F3N5O3. The second-order valence-corrected chi connectivity index (χ2v) is 8.71. The molecule has 11 heteroatoms. The van der Waals surface area contributed by atoms with Crippen molar-refractivity contribution in [1.29, 1.82) is 0 Å². The van der Waals surface area contributed by atoms with Crippen LogP contribution in [0.5, 0.6) is 0 Å². The van der Waals surface area contributed by atoms with Crippen LogP contribution < -0.4 is 15.1 Å². The van der Waals surface area contributed by atoms with Crippen LogP contribution in [0.25, 0.3) is 0 Å². The zero-order chi connectivity index (χ0) is 27.3. The minimum atomic E-state index is -4.46. The molecule has 0 aliphatic heterocycles. The topological polar surface area (TPSA) is 87.7 Å². The van der Waals surface area contributed by atoms with Gasteiger partial charge in [-0.2, -0.15) is 13.2 Å². The number of methoxy groups -OCH3 is 1. The predicted molar refractivity (Wildman–Crippen MR) is 135 cm³/mol. The number of ether oxygens (including phenoxy) is 1. The van der Waals surface area contributed by atoms with E-state index < -0.39 is 23.6 Å². The molecule has 0 aliphatic carbocycles. The van der Waals surface area contributed by atoms with Gasteiger partial charge < -0.3 is 19.9 Å². The van der Waals surface area contributed by atoms with E-state index in [1.807, 2.05) is 38.0 Å². The molecule has 0 saturated heterocycles. The number of carbonyl (C=O) groups is 2. The summed E-state index contributed by atoms with van der Waals surface area (Å²) in [5.74, 6) is 0.857. The van der Waals surface area contributed by atoms with E-state index in [9.17, 15) is 22.8 Å². The van der Waals surface area contributed by atoms with E-state index in [1.165, 1.54) is 7.11 Å². The number of nitrogens with zero attached hydrogens (tertiary/aromatic N) is 4. The third-order valence-corrected chi connectivity index (χ3v) is 5.45. The lowest BCUT2D eigenvalue weighted by molar-refractivity contribution is -0.140. The summed E-state index contributed by atoms with van der Waals surface area (Å²) >= 11 is 0. The van der Waals surface area contributed by atoms with Gasteiger partial charge in [0, 0.05) is 51.4 Å². The Morgan fingerprint density at radius 2 is 1.43 bits per heavy atom. The Balaban J connectivity index is 1.77. The number of halogens is 3. The molecule has 1 N–H and O–H groups in total. The monoisotopic (exact) mass is 516 g/mol. The molecule has 0 radical (unpaired) electrons. The average Bonchev–Trinajstić information content (AvgIpc) is 2.85.